The van der Waals surface area contributed by atoms with E-state index in [2.05, 4.69) is 20.3 Å². The Morgan fingerprint density at radius 1 is 1.33 bits per heavy atom. The fourth-order valence-corrected chi connectivity index (χ4v) is 3.42. The van der Waals surface area contributed by atoms with E-state index in [1.165, 1.54) is 11.3 Å². The SMILES string of the molecule is CN=C(NCCNS(=O)(=O)c1cccs1)NCCOC.I. The molecule has 122 valence electrons. The average molecular weight is 448 g/mol. The highest BCUT2D eigenvalue weighted by atomic mass is 127. The maximum absolute atomic E-state index is 11.8. The summed E-state index contributed by atoms with van der Waals surface area (Å²) in [4.78, 5) is 4.01. The van der Waals surface area contributed by atoms with Crippen molar-refractivity contribution in [2.75, 3.05) is 40.4 Å². The Bertz CT molecular complexity index is 506. The Balaban J connectivity index is 0.00000400. The smallest absolute Gasteiger partial charge is 0.250 e. The lowest BCUT2D eigenvalue weighted by atomic mass is 10.6. The molecule has 0 saturated carbocycles. The quantitative estimate of drug-likeness (QED) is 0.233. The van der Waals surface area contributed by atoms with Crippen molar-refractivity contribution in [3.63, 3.8) is 0 Å². The number of guanidine groups is 1. The van der Waals surface area contributed by atoms with Crippen molar-refractivity contribution in [2.45, 2.75) is 4.21 Å². The van der Waals surface area contributed by atoms with E-state index in [1.807, 2.05) is 0 Å². The van der Waals surface area contributed by atoms with Gasteiger partial charge in [0.05, 0.1) is 6.61 Å². The van der Waals surface area contributed by atoms with E-state index in [-0.39, 0.29) is 30.5 Å². The molecular weight excluding hydrogens is 427 g/mol. The monoisotopic (exact) mass is 448 g/mol. The fourth-order valence-electron chi connectivity index (χ4n) is 1.35. The molecule has 0 aliphatic rings. The summed E-state index contributed by atoms with van der Waals surface area (Å²) in [5, 5.41) is 7.77. The van der Waals surface area contributed by atoms with Gasteiger partial charge in [0.25, 0.3) is 0 Å². The van der Waals surface area contributed by atoms with Crippen LogP contribution in [0.4, 0.5) is 0 Å². The fraction of sp³-hybridized carbons (Fsp3) is 0.545. The molecule has 3 N–H and O–H groups in total. The van der Waals surface area contributed by atoms with Crippen LogP contribution in [0.1, 0.15) is 0 Å². The molecule has 0 fully saturated rings. The summed E-state index contributed by atoms with van der Waals surface area (Å²) >= 11 is 1.19. The van der Waals surface area contributed by atoms with Gasteiger partial charge in [-0.15, -0.1) is 35.3 Å². The lowest BCUT2D eigenvalue weighted by Crippen LogP contribution is -2.42. The molecule has 1 rings (SSSR count). The first-order valence-corrected chi connectivity index (χ1v) is 8.43. The number of nitrogens with zero attached hydrogens (tertiary/aromatic N) is 1. The molecular formula is C11H21IN4O3S2. The van der Waals surface area contributed by atoms with Gasteiger partial charge >= 0.3 is 0 Å². The molecule has 0 unspecified atom stereocenters. The number of halogens is 1. The topological polar surface area (TPSA) is 91.8 Å². The van der Waals surface area contributed by atoms with Crippen LogP contribution in [-0.2, 0) is 14.8 Å². The normalized spacial score (nSPS) is 11.8. The van der Waals surface area contributed by atoms with Crippen LogP contribution in [0.25, 0.3) is 0 Å². The Labute approximate surface area is 146 Å². The lowest BCUT2D eigenvalue weighted by molar-refractivity contribution is 0.203. The van der Waals surface area contributed by atoms with Gasteiger partial charge in [-0.1, -0.05) is 6.07 Å². The summed E-state index contributed by atoms with van der Waals surface area (Å²) in [6.07, 6.45) is 0. The van der Waals surface area contributed by atoms with Crippen molar-refractivity contribution < 1.29 is 13.2 Å². The average Bonchev–Trinajstić information content (AvgIpc) is 2.96. The number of sulfonamides is 1. The molecule has 1 aromatic heterocycles. The molecule has 0 saturated heterocycles. The van der Waals surface area contributed by atoms with Crippen LogP contribution in [0.3, 0.4) is 0 Å². The number of aliphatic imine (C=N–C) groups is 1. The minimum Gasteiger partial charge on any atom is -0.383 e. The van der Waals surface area contributed by atoms with Crippen LogP contribution in [0.2, 0.25) is 0 Å². The number of hydrogen-bond donors (Lipinski definition) is 3. The second-order valence-electron chi connectivity index (χ2n) is 3.75. The predicted octanol–water partition coefficient (Wildman–Crippen LogP) is 0.456. The molecule has 7 nitrogen and oxygen atoms in total. The van der Waals surface area contributed by atoms with Crippen LogP contribution in [0.15, 0.2) is 26.7 Å². The first-order valence-electron chi connectivity index (χ1n) is 6.07. The van der Waals surface area contributed by atoms with Gasteiger partial charge in [-0.2, -0.15) is 0 Å². The molecule has 1 heterocycles. The first-order chi connectivity index (χ1) is 9.60. The van der Waals surface area contributed by atoms with Gasteiger partial charge in [0.1, 0.15) is 4.21 Å². The summed E-state index contributed by atoms with van der Waals surface area (Å²) in [5.74, 6) is 0.609. The van der Waals surface area contributed by atoms with Gasteiger partial charge < -0.3 is 15.4 Å². The van der Waals surface area contributed by atoms with E-state index in [0.717, 1.165) is 0 Å². The van der Waals surface area contributed by atoms with Crippen LogP contribution >= 0.6 is 35.3 Å². The highest BCUT2D eigenvalue weighted by Crippen LogP contribution is 2.14. The van der Waals surface area contributed by atoms with Gasteiger partial charge in [-0.3, -0.25) is 4.99 Å². The van der Waals surface area contributed by atoms with Crippen molar-refractivity contribution in [3.05, 3.63) is 17.5 Å². The number of hydrogen-bond acceptors (Lipinski definition) is 5. The summed E-state index contributed by atoms with van der Waals surface area (Å²) in [6, 6.07) is 3.28. The molecule has 0 amide bonds. The molecule has 0 radical (unpaired) electrons. The number of methoxy groups -OCH3 is 1. The third-order valence-corrected chi connectivity index (χ3v) is 5.15. The van der Waals surface area contributed by atoms with Gasteiger partial charge in [-0.05, 0) is 11.4 Å². The second-order valence-corrected chi connectivity index (χ2v) is 6.69. The molecule has 0 bridgehead atoms. The third-order valence-electron chi connectivity index (χ3n) is 2.29. The maximum atomic E-state index is 11.8. The zero-order valence-electron chi connectivity index (χ0n) is 12.0. The minimum absolute atomic E-state index is 0. The summed E-state index contributed by atoms with van der Waals surface area (Å²) in [7, 11) is -0.121. The largest absolute Gasteiger partial charge is 0.383 e. The number of rotatable bonds is 8. The Hall–Kier alpha value is -0.430. The van der Waals surface area contributed by atoms with Gasteiger partial charge in [-0.25, -0.2) is 13.1 Å². The van der Waals surface area contributed by atoms with Crippen molar-refractivity contribution in [3.8, 4) is 0 Å². The van der Waals surface area contributed by atoms with Crippen LogP contribution in [0, 0.1) is 0 Å². The highest BCUT2D eigenvalue weighted by Gasteiger charge is 2.13. The molecule has 21 heavy (non-hydrogen) atoms. The van der Waals surface area contributed by atoms with Gasteiger partial charge in [0.2, 0.25) is 10.0 Å². The van der Waals surface area contributed by atoms with Crippen LogP contribution < -0.4 is 15.4 Å². The molecule has 10 heteroatoms. The van der Waals surface area contributed by atoms with E-state index >= 15 is 0 Å². The summed E-state index contributed by atoms with van der Waals surface area (Å²) in [6.45, 7) is 1.94. The number of thiophene rings is 1. The summed E-state index contributed by atoms with van der Waals surface area (Å²) < 4.78 is 31.4. The van der Waals surface area contributed by atoms with Crippen molar-refractivity contribution in [1.29, 1.82) is 0 Å². The van der Waals surface area contributed by atoms with Crippen LogP contribution in [0.5, 0.6) is 0 Å². The van der Waals surface area contributed by atoms with E-state index in [4.69, 9.17) is 4.74 Å². The van der Waals surface area contributed by atoms with E-state index in [1.54, 1.807) is 31.7 Å². The summed E-state index contributed by atoms with van der Waals surface area (Å²) in [5.41, 5.74) is 0. The van der Waals surface area contributed by atoms with E-state index in [9.17, 15) is 8.42 Å². The van der Waals surface area contributed by atoms with Gasteiger partial charge in [0, 0.05) is 33.8 Å². The van der Waals surface area contributed by atoms with E-state index in [0.29, 0.717) is 29.9 Å². The van der Waals surface area contributed by atoms with Gasteiger partial charge in [0.15, 0.2) is 5.96 Å². The number of ether oxygens (including phenoxy) is 1. The van der Waals surface area contributed by atoms with E-state index < -0.39 is 10.0 Å². The lowest BCUT2D eigenvalue weighted by Gasteiger charge is -2.11. The highest BCUT2D eigenvalue weighted by molar-refractivity contribution is 14.0. The van der Waals surface area contributed by atoms with Crippen LogP contribution in [-0.4, -0.2) is 54.8 Å². The zero-order chi connectivity index (χ0) is 14.8. The first kappa shape index (κ1) is 20.6. The molecule has 0 atom stereocenters. The minimum atomic E-state index is -3.39. The van der Waals surface area contributed by atoms with Crippen molar-refractivity contribution in [2.24, 2.45) is 4.99 Å². The molecule has 1 aromatic rings. The Morgan fingerprint density at radius 3 is 2.62 bits per heavy atom. The predicted molar refractivity (Wildman–Crippen MR) is 96.2 cm³/mol. The molecule has 0 aliphatic heterocycles. The third kappa shape index (κ3) is 7.95. The maximum Gasteiger partial charge on any atom is 0.250 e. The standard InChI is InChI=1S/C11H20N4O3S2.HI/c1-12-11(14-7-8-18-2)13-5-6-15-20(16,17)10-4-3-9-19-10;/h3-4,9,15H,5-8H2,1-2H3,(H2,12,13,14);1H. The second kappa shape index (κ2) is 11.2. The Kier molecular flexibility index (Phi) is 11.0. The number of nitrogens with one attached hydrogen (secondary N) is 3. The zero-order valence-corrected chi connectivity index (χ0v) is 15.9. The van der Waals surface area contributed by atoms with Crippen molar-refractivity contribution >= 4 is 51.3 Å². The molecule has 0 aliphatic carbocycles. The Morgan fingerprint density at radius 2 is 2.05 bits per heavy atom. The molecule has 0 spiro atoms. The molecule has 0 aromatic carbocycles. The van der Waals surface area contributed by atoms with Crippen molar-refractivity contribution in [1.82, 2.24) is 15.4 Å².